The predicted octanol–water partition coefficient (Wildman–Crippen LogP) is 2.99. The number of nitrogens with zero attached hydrogens (tertiary/aromatic N) is 1. The van der Waals surface area contributed by atoms with Crippen molar-refractivity contribution in [3.05, 3.63) is 69.4 Å². The van der Waals surface area contributed by atoms with Crippen LogP contribution >= 0.6 is 0 Å². The lowest BCUT2D eigenvalue weighted by atomic mass is 9.60. The number of nitrogens with one attached hydrogen (secondary N) is 2. The summed E-state index contributed by atoms with van der Waals surface area (Å²) in [6, 6.07) is 4.75. The van der Waals surface area contributed by atoms with Crippen LogP contribution in [0.25, 0.3) is 0 Å². The molecule has 0 aromatic heterocycles. The van der Waals surface area contributed by atoms with Crippen molar-refractivity contribution in [2.24, 2.45) is 17.6 Å². The molecule has 0 saturated carbocycles. The summed E-state index contributed by atoms with van der Waals surface area (Å²) in [5.41, 5.74) is 2.58. The molecule has 2 aromatic carbocycles. The van der Waals surface area contributed by atoms with Gasteiger partial charge in [-0.05, 0) is 60.6 Å². The van der Waals surface area contributed by atoms with Gasteiger partial charge in [-0.15, -0.1) is 0 Å². The molecule has 8 N–H and O–H groups in total. The minimum Gasteiger partial charge on any atom is -0.511 e. The number of fused-ring (bicyclic) bond motifs is 3. The second-order valence-corrected chi connectivity index (χ2v) is 11.2. The average molecular weight is 595 g/mol. The van der Waals surface area contributed by atoms with Gasteiger partial charge in [-0.1, -0.05) is 6.92 Å². The SMILES string of the molecule is CCc1cc(NC(=O)Nc2cc(N(C)C)c3c(c2O)C(=O)C2=C(O)[C@]4(O)C(=O)C(C(N)=O)=C(O)C[C@@H]4C[C@@H]2C3)ccc1F. The summed E-state index contributed by atoms with van der Waals surface area (Å²) in [5.74, 6) is -7.82. The molecule has 43 heavy (non-hydrogen) atoms. The van der Waals surface area contributed by atoms with Crippen molar-refractivity contribution in [2.75, 3.05) is 29.6 Å². The Kier molecular flexibility index (Phi) is 7.17. The van der Waals surface area contributed by atoms with E-state index in [-0.39, 0.29) is 36.1 Å². The van der Waals surface area contributed by atoms with Gasteiger partial charge in [0.25, 0.3) is 5.91 Å². The van der Waals surface area contributed by atoms with Gasteiger partial charge in [0.15, 0.2) is 17.1 Å². The number of amides is 3. The maximum atomic E-state index is 14.0. The van der Waals surface area contributed by atoms with Crippen molar-refractivity contribution < 1.29 is 44.0 Å². The summed E-state index contributed by atoms with van der Waals surface area (Å²) < 4.78 is 13.9. The third-order valence-corrected chi connectivity index (χ3v) is 8.45. The lowest BCUT2D eigenvalue weighted by Crippen LogP contribution is -2.57. The number of phenolic OH excluding ortho intramolecular Hbond substituents is 1. The van der Waals surface area contributed by atoms with Crippen LogP contribution in [-0.2, 0) is 22.4 Å². The molecule has 0 spiro atoms. The highest BCUT2D eigenvalue weighted by Gasteiger charge is 2.59. The van der Waals surface area contributed by atoms with Gasteiger partial charge in [-0.2, -0.15) is 0 Å². The molecule has 2 aromatic rings. The van der Waals surface area contributed by atoms with E-state index in [1.165, 1.54) is 24.3 Å². The number of rotatable bonds is 5. The van der Waals surface area contributed by atoms with E-state index in [9.17, 15) is 44.0 Å². The van der Waals surface area contributed by atoms with E-state index in [2.05, 4.69) is 10.6 Å². The zero-order valence-corrected chi connectivity index (χ0v) is 23.6. The van der Waals surface area contributed by atoms with E-state index in [1.807, 2.05) is 0 Å². The predicted molar refractivity (Wildman–Crippen MR) is 154 cm³/mol. The fourth-order valence-electron chi connectivity index (χ4n) is 6.37. The van der Waals surface area contributed by atoms with Crippen molar-refractivity contribution in [1.82, 2.24) is 0 Å². The molecular weight excluding hydrogens is 563 g/mol. The highest BCUT2D eigenvalue weighted by molar-refractivity contribution is 6.24. The molecule has 0 heterocycles. The molecule has 226 valence electrons. The van der Waals surface area contributed by atoms with E-state index in [0.717, 1.165) is 0 Å². The first-order chi connectivity index (χ1) is 20.2. The molecule has 3 amide bonds. The maximum absolute atomic E-state index is 14.0. The number of hydrogen-bond donors (Lipinski definition) is 7. The number of nitrogens with two attached hydrogens (primary N) is 1. The summed E-state index contributed by atoms with van der Waals surface area (Å²) in [6.07, 6.45) is 0.177. The number of Topliss-reactive ketones (excluding diaryl/α,β-unsaturated/α-hetero) is 2. The van der Waals surface area contributed by atoms with Crippen LogP contribution in [0.1, 0.15) is 41.3 Å². The number of benzene rings is 2. The number of carbonyl (C=O) groups is 4. The largest absolute Gasteiger partial charge is 0.511 e. The second kappa shape index (κ2) is 10.4. The molecule has 0 saturated heterocycles. The molecule has 5 rings (SSSR count). The minimum absolute atomic E-state index is 0.00360. The van der Waals surface area contributed by atoms with Gasteiger partial charge >= 0.3 is 6.03 Å². The van der Waals surface area contributed by atoms with Crippen LogP contribution in [0, 0.1) is 17.7 Å². The van der Waals surface area contributed by atoms with Crippen LogP contribution in [0.5, 0.6) is 5.75 Å². The highest BCUT2D eigenvalue weighted by Crippen LogP contribution is 2.53. The third kappa shape index (κ3) is 4.56. The van der Waals surface area contributed by atoms with E-state index >= 15 is 0 Å². The van der Waals surface area contributed by atoms with Crippen LogP contribution in [0.3, 0.4) is 0 Å². The van der Waals surface area contributed by atoms with E-state index in [4.69, 9.17) is 5.73 Å². The first-order valence-corrected chi connectivity index (χ1v) is 13.6. The standard InChI is InChI=1S/C30H31FN4O8/c1-4-12-8-15(5-6-17(12)31)33-29(42)34-18-11-19(35(2)3)16-9-13-7-14-10-20(36)23(28(32)41)27(40)30(14,43)26(39)21(13)25(38)22(16)24(18)37/h5-6,8,11,13-14,36-37,39,43H,4,7,9-10H2,1-3H3,(H2,32,41)(H2,33,34,42)/t13-,14+,30+/m1/s1. The third-order valence-electron chi connectivity index (χ3n) is 8.45. The van der Waals surface area contributed by atoms with Crippen LogP contribution < -0.4 is 21.3 Å². The quantitative estimate of drug-likeness (QED) is 0.201. The van der Waals surface area contributed by atoms with Crippen molar-refractivity contribution in [2.45, 2.75) is 38.2 Å². The number of aryl methyl sites for hydroxylation is 1. The summed E-state index contributed by atoms with van der Waals surface area (Å²) >= 11 is 0. The Labute approximate surface area is 245 Å². The number of allylic oxidation sites excluding steroid dienone is 2. The number of ketones is 2. The fraction of sp³-hybridized carbons (Fsp3) is 0.333. The van der Waals surface area contributed by atoms with E-state index in [0.29, 0.717) is 28.9 Å². The normalized spacial score (nSPS) is 22.9. The highest BCUT2D eigenvalue weighted by atomic mass is 19.1. The topological polar surface area (TPSA) is 203 Å². The molecule has 0 unspecified atom stereocenters. The number of aliphatic hydroxyl groups is 3. The van der Waals surface area contributed by atoms with E-state index < -0.39 is 69.6 Å². The number of hydrogen-bond acceptors (Lipinski definition) is 9. The molecule has 13 heteroatoms. The molecule has 0 aliphatic heterocycles. The monoisotopic (exact) mass is 594 g/mol. The fourth-order valence-corrected chi connectivity index (χ4v) is 6.37. The van der Waals surface area contributed by atoms with Crippen molar-refractivity contribution in [1.29, 1.82) is 0 Å². The number of urea groups is 1. The Morgan fingerprint density at radius 1 is 1.12 bits per heavy atom. The zero-order valence-electron chi connectivity index (χ0n) is 23.6. The lowest BCUT2D eigenvalue weighted by molar-refractivity contribution is -0.144. The smallest absolute Gasteiger partial charge is 0.323 e. The Hall–Kier alpha value is -4.91. The molecule has 0 radical (unpaired) electrons. The Bertz CT molecular complexity index is 1680. The van der Waals surface area contributed by atoms with Crippen LogP contribution in [-0.4, -0.2) is 63.6 Å². The molecule has 3 aliphatic rings. The van der Waals surface area contributed by atoms with Crippen molar-refractivity contribution in [3.8, 4) is 5.75 Å². The summed E-state index contributed by atoms with van der Waals surface area (Å²) in [6.45, 7) is 1.76. The average Bonchev–Trinajstić information content (AvgIpc) is 2.92. The minimum atomic E-state index is -2.68. The Morgan fingerprint density at radius 2 is 1.81 bits per heavy atom. The number of aromatic hydroxyl groups is 1. The van der Waals surface area contributed by atoms with Gasteiger partial charge in [-0.25, -0.2) is 9.18 Å². The van der Waals surface area contributed by atoms with Gasteiger partial charge in [0.2, 0.25) is 5.78 Å². The van der Waals surface area contributed by atoms with Gasteiger partial charge in [0.05, 0.1) is 11.3 Å². The maximum Gasteiger partial charge on any atom is 0.323 e. The molecule has 3 atom stereocenters. The number of phenols is 1. The molecule has 0 bridgehead atoms. The number of aliphatic hydroxyl groups excluding tert-OH is 2. The van der Waals surface area contributed by atoms with Crippen LogP contribution in [0.15, 0.2) is 46.9 Å². The number of carbonyl (C=O) groups excluding carboxylic acids is 4. The Morgan fingerprint density at radius 3 is 2.44 bits per heavy atom. The summed E-state index contributed by atoms with van der Waals surface area (Å²) in [4.78, 5) is 53.5. The van der Waals surface area contributed by atoms with Crippen molar-refractivity contribution in [3.63, 3.8) is 0 Å². The van der Waals surface area contributed by atoms with Gasteiger partial charge in [-0.3, -0.25) is 14.4 Å². The molecule has 0 fully saturated rings. The number of halogens is 1. The number of anilines is 3. The molecule has 12 nitrogen and oxygen atoms in total. The van der Waals surface area contributed by atoms with Crippen LogP contribution in [0.4, 0.5) is 26.2 Å². The molecular formula is C30H31FN4O8. The second-order valence-electron chi connectivity index (χ2n) is 11.2. The zero-order chi connectivity index (χ0) is 31.5. The Balaban J connectivity index is 1.56. The van der Waals surface area contributed by atoms with Gasteiger partial charge < -0.3 is 41.7 Å². The van der Waals surface area contributed by atoms with E-state index in [1.54, 1.807) is 25.9 Å². The van der Waals surface area contributed by atoms with Gasteiger partial charge in [0, 0.05) is 43.4 Å². The lowest BCUT2D eigenvalue weighted by Gasteiger charge is -2.45. The summed E-state index contributed by atoms with van der Waals surface area (Å²) in [5, 5.41) is 49.3. The summed E-state index contributed by atoms with van der Waals surface area (Å²) in [7, 11) is 3.39. The van der Waals surface area contributed by atoms with Gasteiger partial charge in [0.1, 0.15) is 22.9 Å². The first kappa shape index (κ1) is 29.6. The molecule has 3 aliphatic carbocycles. The number of primary amides is 1. The van der Waals surface area contributed by atoms with Crippen molar-refractivity contribution >= 4 is 40.6 Å². The van der Waals surface area contributed by atoms with Crippen LogP contribution in [0.2, 0.25) is 0 Å². The first-order valence-electron chi connectivity index (χ1n) is 13.6.